The van der Waals surface area contributed by atoms with E-state index >= 15 is 4.39 Å². The van der Waals surface area contributed by atoms with Gasteiger partial charge in [-0.1, -0.05) is 0 Å². The fourth-order valence-electron chi connectivity index (χ4n) is 10.1. The Morgan fingerprint density at radius 2 is 0.770 bits per heavy atom. The second-order valence-electron chi connectivity index (χ2n) is 23.6. The summed E-state index contributed by atoms with van der Waals surface area (Å²) in [5.41, 5.74) is 2.22. The quantitative estimate of drug-likeness (QED) is 0.0265. The number of halogens is 1. The van der Waals surface area contributed by atoms with Gasteiger partial charge in [-0.15, -0.1) is 0 Å². The van der Waals surface area contributed by atoms with Crippen molar-refractivity contribution in [3.8, 4) is 0 Å². The number of hydrogen-bond donors (Lipinski definition) is 12. The molecule has 8 aromatic heterocycles. The maximum Gasteiger partial charge on any atom is 0.291 e. The van der Waals surface area contributed by atoms with Crippen molar-refractivity contribution in [1.82, 2.24) is 83.0 Å². The van der Waals surface area contributed by atoms with Crippen molar-refractivity contribution in [2.45, 2.75) is 38.3 Å². The molecule has 1 atom stereocenters. The van der Waals surface area contributed by atoms with Crippen LogP contribution in [-0.4, -0.2) is 187 Å². The number of carbonyl (C=O) groups excluding carboxylic acids is 12. The molecule has 12 amide bonds. The number of aryl methyl sites for hydroxylation is 8. The second-order valence-corrected chi connectivity index (χ2v) is 23.6. The zero-order valence-corrected chi connectivity index (χ0v) is 56.6. The summed E-state index contributed by atoms with van der Waals surface area (Å²) in [5.74, 6) is -7.03. The lowest BCUT2D eigenvalue weighted by molar-refractivity contribution is -0.121. The predicted molar refractivity (Wildman–Crippen MR) is 363 cm³/mol. The topological polar surface area (TPSA) is 431 Å². The molecule has 0 aliphatic carbocycles. The standard InChI is InChI=1S/C63H79FN24O12/c1-80(2)21-12-17-65-49(89)14-18-68-57(94)44-26-40(33-84(44)6)74-62(99)53-77-47(34-87(53)9)76-51(91)15-19-69-58(95)43-24-37(30-82(43)4)72-60(97)46-23-36(29-86(46)8)71-50(90)13-11-16-67-56(93)42-25-39(32-83(42)5)75-63(100)54-78-48(35-88(54)10)79-55(92)41(64)28-70-59(96)45-27-38(31-85(45)7)73-61(98)52-66-20-22-81(52)3/h20,22-27,29-35,41H,11-19,21,28H2,1-10H3,(H,65,89)(H,67,93)(H,68,94)(H,69,95)(H,70,96)(H,71,90)(H,72,97)(H,73,98)(H,74,99)(H,75,100)(H,76,91)(H,79,92)/t41-/m0/s1. The Kier molecular flexibility index (Phi) is 24.2. The zero-order chi connectivity index (χ0) is 72.6. The van der Waals surface area contributed by atoms with E-state index < -0.39 is 77.7 Å². The van der Waals surface area contributed by atoms with Crippen LogP contribution in [0.4, 0.5) is 44.5 Å². The molecule has 0 aliphatic heterocycles. The summed E-state index contributed by atoms with van der Waals surface area (Å²) in [6, 6.07) is 7.18. The van der Waals surface area contributed by atoms with E-state index in [1.54, 1.807) is 61.7 Å². The molecule has 0 saturated heterocycles. The highest BCUT2D eigenvalue weighted by Gasteiger charge is 2.26. The number of alkyl halides is 1. The third kappa shape index (κ3) is 19.6. The van der Waals surface area contributed by atoms with Gasteiger partial charge in [-0.25, -0.2) is 19.3 Å². The van der Waals surface area contributed by atoms with Crippen molar-refractivity contribution in [2.75, 3.05) is 90.6 Å². The van der Waals surface area contributed by atoms with E-state index in [0.29, 0.717) is 17.9 Å². The first-order valence-corrected chi connectivity index (χ1v) is 31.2. The molecule has 0 aliphatic rings. The predicted octanol–water partition coefficient (Wildman–Crippen LogP) is 1.39. The number of imidazole rings is 3. The Bertz CT molecular complexity index is 4420. The molecule has 530 valence electrons. The number of nitrogens with zero attached hydrogens (tertiary/aromatic N) is 12. The minimum Gasteiger partial charge on any atom is -0.356 e. The number of carbonyl (C=O) groups is 12. The van der Waals surface area contributed by atoms with Crippen LogP contribution < -0.4 is 63.8 Å². The molecule has 0 unspecified atom stereocenters. The van der Waals surface area contributed by atoms with Gasteiger partial charge in [-0.05, 0) is 63.8 Å². The van der Waals surface area contributed by atoms with Crippen molar-refractivity contribution in [3.63, 3.8) is 0 Å². The highest BCUT2D eigenvalue weighted by Crippen LogP contribution is 2.21. The summed E-state index contributed by atoms with van der Waals surface area (Å²) in [7, 11) is 16.5. The number of rotatable bonds is 32. The van der Waals surface area contributed by atoms with Crippen molar-refractivity contribution >= 4 is 111 Å². The number of hydrogen-bond acceptors (Lipinski definition) is 16. The van der Waals surface area contributed by atoms with Crippen molar-refractivity contribution < 1.29 is 61.9 Å². The van der Waals surface area contributed by atoms with Crippen molar-refractivity contribution in [1.29, 1.82) is 0 Å². The molecule has 0 radical (unpaired) electrons. The van der Waals surface area contributed by atoms with Crippen LogP contribution in [0.5, 0.6) is 0 Å². The normalized spacial score (nSPS) is 11.3. The average molecular weight is 1380 g/mol. The first-order valence-electron chi connectivity index (χ1n) is 31.2. The summed E-state index contributed by atoms with van der Waals surface area (Å²) < 4.78 is 26.7. The molecule has 12 N–H and O–H groups in total. The minimum atomic E-state index is -2.22. The molecule has 0 bridgehead atoms. The van der Waals surface area contributed by atoms with Crippen molar-refractivity contribution in [3.05, 3.63) is 132 Å². The lowest BCUT2D eigenvalue weighted by Gasteiger charge is -2.10. The highest BCUT2D eigenvalue weighted by molar-refractivity contribution is 6.08. The fraction of sp³-hybridized carbons (Fsp3) is 0.349. The molecular formula is C63H79FN24O12. The van der Waals surface area contributed by atoms with Gasteiger partial charge in [-0.2, -0.15) is 0 Å². The Hall–Kier alpha value is -12.4. The van der Waals surface area contributed by atoms with E-state index in [9.17, 15) is 57.5 Å². The Labute approximate surface area is 571 Å². The number of nitrogens with one attached hydrogen (secondary N) is 12. The van der Waals surface area contributed by atoms with Gasteiger partial charge in [0.2, 0.25) is 29.4 Å². The minimum absolute atomic E-state index is 0.0103. The summed E-state index contributed by atoms with van der Waals surface area (Å²) >= 11 is 0. The van der Waals surface area contributed by atoms with Crippen LogP contribution in [0, 0.1) is 0 Å². The molecule has 8 rings (SSSR count). The molecule has 8 aromatic rings. The van der Waals surface area contributed by atoms with Gasteiger partial charge < -0.3 is 105 Å². The van der Waals surface area contributed by atoms with E-state index in [2.05, 4.69) is 78.8 Å². The average Bonchev–Trinajstić information content (AvgIpc) is 1.69. The van der Waals surface area contributed by atoms with Crippen LogP contribution >= 0.6 is 0 Å². The number of aromatic nitrogens is 11. The first-order chi connectivity index (χ1) is 47.5. The number of amides is 12. The van der Waals surface area contributed by atoms with E-state index in [1.165, 1.54) is 117 Å². The third-order valence-electron chi connectivity index (χ3n) is 15.2. The van der Waals surface area contributed by atoms with Gasteiger partial charge in [-0.3, -0.25) is 57.5 Å². The fourth-order valence-corrected chi connectivity index (χ4v) is 10.1. The van der Waals surface area contributed by atoms with Gasteiger partial charge in [0.15, 0.2) is 23.6 Å². The number of anilines is 7. The third-order valence-corrected chi connectivity index (χ3v) is 15.2. The van der Waals surface area contributed by atoms with Gasteiger partial charge in [0.25, 0.3) is 53.2 Å². The van der Waals surface area contributed by atoms with E-state index in [-0.39, 0.29) is 126 Å². The second kappa shape index (κ2) is 33.0. The Balaban J connectivity index is 0.705. The molecule has 0 spiro atoms. The first kappa shape index (κ1) is 73.4. The largest absolute Gasteiger partial charge is 0.356 e. The van der Waals surface area contributed by atoms with E-state index in [4.69, 9.17) is 0 Å². The summed E-state index contributed by atoms with van der Waals surface area (Å²) in [5, 5.41) is 31.6. The summed E-state index contributed by atoms with van der Waals surface area (Å²) in [4.78, 5) is 170. The molecule has 37 heteroatoms. The highest BCUT2D eigenvalue weighted by atomic mass is 19.1. The smallest absolute Gasteiger partial charge is 0.291 e. The molecule has 0 fully saturated rings. The summed E-state index contributed by atoms with van der Waals surface area (Å²) in [6.45, 7) is 0.781. The van der Waals surface area contributed by atoms with Crippen LogP contribution in [0.3, 0.4) is 0 Å². The Morgan fingerprint density at radius 1 is 0.390 bits per heavy atom. The maximum atomic E-state index is 15.0. The molecule has 100 heavy (non-hydrogen) atoms. The lowest BCUT2D eigenvalue weighted by Crippen LogP contribution is -2.37. The van der Waals surface area contributed by atoms with Crippen LogP contribution in [0.15, 0.2) is 86.1 Å². The van der Waals surface area contributed by atoms with Gasteiger partial charge >= 0.3 is 0 Å². The molecule has 0 aromatic carbocycles. The lowest BCUT2D eigenvalue weighted by atomic mass is 10.2. The summed E-state index contributed by atoms with van der Waals surface area (Å²) in [6.07, 6.45) is 12.1. The van der Waals surface area contributed by atoms with Crippen molar-refractivity contribution in [2.24, 2.45) is 56.4 Å². The Morgan fingerprint density at radius 3 is 1.22 bits per heavy atom. The van der Waals surface area contributed by atoms with Crippen LogP contribution in [0.1, 0.15) is 116 Å². The van der Waals surface area contributed by atoms with E-state index in [1.807, 2.05) is 19.0 Å². The molecule has 0 saturated carbocycles. The van der Waals surface area contributed by atoms with Gasteiger partial charge in [0.1, 0.15) is 28.5 Å². The van der Waals surface area contributed by atoms with Gasteiger partial charge in [0.05, 0.1) is 35.0 Å². The molecule has 8 heterocycles. The van der Waals surface area contributed by atoms with Crippen LogP contribution in [-0.2, 0) is 75.6 Å². The van der Waals surface area contributed by atoms with E-state index in [0.717, 1.165) is 13.0 Å². The molecular weight excluding hydrogens is 1300 g/mol. The SMILES string of the molecule is CN(C)CCCNC(=O)CCNC(=O)c1cc(NC(=O)c2nc(NC(=O)CCNC(=O)c3cc(NC(=O)c4cc(NC(=O)CCCNC(=O)c5cc(NC(=O)c6nc(NC(=O)[C@@H](F)CNC(=O)c7cc(NC(=O)c8nccn8C)cn7C)cn6C)cn5C)cn4C)cn3C)cn2C)cn1C. The van der Waals surface area contributed by atoms with Crippen LogP contribution in [0.25, 0.3) is 0 Å². The maximum absolute atomic E-state index is 15.0. The molecule has 36 nitrogen and oxygen atoms in total. The van der Waals surface area contributed by atoms with Crippen LogP contribution in [0.2, 0.25) is 0 Å². The van der Waals surface area contributed by atoms with Gasteiger partial charge in [0, 0.05) is 158 Å². The monoisotopic (exact) mass is 1380 g/mol. The zero-order valence-electron chi connectivity index (χ0n) is 56.6.